The zero-order valence-electron chi connectivity index (χ0n) is 11.4. The summed E-state index contributed by atoms with van der Waals surface area (Å²) in [4.78, 5) is 0. The number of unbranched alkanes of at least 4 members (excludes halogenated alkanes) is 4. The molecule has 0 heterocycles. The van der Waals surface area contributed by atoms with Crippen LogP contribution in [0.1, 0.15) is 63.9 Å². The molecule has 0 heteroatoms. The number of benzene rings is 1. The minimum absolute atomic E-state index is 0.554. The summed E-state index contributed by atoms with van der Waals surface area (Å²) in [6.07, 6.45) is 8.03. The fourth-order valence-electron chi connectivity index (χ4n) is 2.33. The minimum Gasteiger partial charge on any atom is -0.0995 e. The standard InChI is InChI=1S/C17H26/c1-4-5-6-7-11-14-17(15(2)3)16-12-9-8-10-13-16/h8-10,12-13,17H,2,4-7,11,14H2,1,3H3. The summed E-state index contributed by atoms with van der Waals surface area (Å²) < 4.78 is 0. The minimum atomic E-state index is 0.554. The highest BCUT2D eigenvalue weighted by atomic mass is 14.2. The molecule has 0 radical (unpaired) electrons. The van der Waals surface area contributed by atoms with E-state index in [-0.39, 0.29) is 0 Å². The molecular formula is C17H26. The third-order valence-electron chi connectivity index (χ3n) is 3.39. The molecule has 1 atom stereocenters. The fourth-order valence-corrected chi connectivity index (χ4v) is 2.33. The molecule has 0 saturated carbocycles. The van der Waals surface area contributed by atoms with Gasteiger partial charge in [-0.1, -0.05) is 81.5 Å². The van der Waals surface area contributed by atoms with Crippen molar-refractivity contribution in [3.63, 3.8) is 0 Å². The van der Waals surface area contributed by atoms with Crippen LogP contribution < -0.4 is 0 Å². The molecule has 0 aliphatic heterocycles. The molecule has 0 saturated heterocycles. The van der Waals surface area contributed by atoms with Gasteiger partial charge in [0, 0.05) is 5.92 Å². The zero-order valence-corrected chi connectivity index (χ0v) is 11.4. The van der Waals surface area contributed by atoms with Crippen LogP contribution in [-0.2, 0) is 0 Å². The number of rotatable bonds is 8. The Morgan fingerprint density at radius 2 is 1.71 bits per heavy atom. The highest BCUT2D eigenvalue weighted by molar-refractivity contribution is 5.26. The van der Waals surface area contributed by atoms with Crippen LogP contribution in [0.5, 0.6) is 0 Å². The molecule has 0 amide bonds. The van der Waals surface area contributed by atoms with Gasteiger partial charge in [0.1, 0.15) is 0 Å². The van der Waals surface area contributed by atoms with E-state index in [1.807, 2.05) is 0 Å². The van der Waals surface area contributed by atoms with Gasteiger partial charge < -0.3 is 0 Å². The van der Waals surface area contributed by atoms with Gasteiger partial charge in [-0.2, -0.15) is 0 Å². The van der Waals surface area contributed by atoms with E-state index >= 15 is 0 Å². The lowest BCUT2D eigenvalue weighted by molar-refractivity contribution is 0.577. The van der Waals surface area contributed by atoms with Gasteiger partial charge in [0.25, 0.3) is 0 Å². The van der Waals surface area contributed by atoms with Crippen LogP contribution in [0.15, 0.2) is 42.5 Å². The van der Waals surface area contributed by atoms with Crippen LogP contribution in [0, 0.1) is 0 Å². The second kappa shape index (κ2) is 8.11. The van der Waals surface area contributed by atoms with Gasteiger partial charge in [-0.15, -0.1) is 0 Å². The monoisotopic (exact) mass is 230 g/mol. The molecule has 0 aliphatic carbocycles. The SMILES string of the molecule is C=C(C)C(CCCCCCC)c1ccccc1. The van der Waals surface area contributed by atoms with Crippen molar-refractivity contribution >= 4 is 0 Å². The first-order valence-corrected chi connectivity index (χ1v) is 6.96. The highest BCUT2D eigenvalue weighted by Gasteiger charge is 2.11. The summed E-state index contributed by atoms with van der Waals surface area (Å²) >= 11 is 0. The Kier molecular flexibility index (Phi) is 6.69. The lowest BCUT2D eigenvalue weighted by Crippen LogP contribution is -1.99. The Morgan fingerprint density at radius 1 is 1.06 bits per heavy atom. The van der Waals surface area contributed by atoms with E-state index < -0.39 is 0 Å². The summed E-state index contributed by atoms with van der Waals surface area (Å²) in [5.74, 6) is 0.554. The van der Waals surface area contributed by atoms with Crippen LogP contribution in [0.4, 0.5) is 0 Å². The molecule has 0 bridgehead atoms. The Labute approximate surface area is 107 Å². The molecule has 0 nitrogen and oxygen atoms in total. The maximum absolute atomic E-state index is 4.15. The van der Waals surface area contributed by atoms with Crippen molar-refractivity contribution in [3.05, 3.63) is 48.0 Å². The lowest BCUT2D eigenvalue weighted by Gasteiger charge is -2.17. The van der Waals surface area contributed by atoms with Crippen LogP contribution in [-0.4, -0.2) is 0 Å². The Hall–Kier alpha value is -1.04. The molecule has 0 spiro atoms. The van der Waals surface area contributed by atoms with Gasteiger partial charge >= 0.3 is 0 Å². The largest absolute Gasteiger partial charge is 0.0995 e. The van der Waals surface area contributed by atoms with Gasteiger partial charge in [-0.05, 0) is 18.9 Å². The Balaban J connectivity index is 2.42. The van der Waals surface area contributed by atoms with Crippen molar-refractivity contribution in [1.29, 1.82) is 0 Å². The Morgan fingerprint density at radius 3 is 2.29 bits per heavy atom. The topological polar surface area (TPSA) is 0 Å². The molecule has 1 unspecified atom stereocenters. The Bertz CT molecular complexity index is 310. The molecule has 1 aromatic rings. The normalized spacial score (nSPS) is 12.4. The van der Waals surface area contributed by atoms with Crippen molar-refractivity contribution in [2.24, 2.45) is 0 Å². The van der Waals surface area contributed by atoms with E-state index in [1.165, 1.54) is 49.7 Å². The van der Waals surface area contributed by atoms with Crippen molar-refractivity contribution in [1.82, 2.24) is 0 Å². The van der Waals surface area contributed by atoms with E-state index in [0.29, 0.717) is 5.92 Å². The molecular weight excluding hydrogens is 204 g/mol. The molecule has 0 aromatic heterocycles. The first-order chi connectivity index (χ1) is 8.25. The number of hydrogen-bond donors (Lipinski definition) is 0. The van der Waals surface area contributed by atoms with Crippen LogP contribution >= 0.6 is 0 Å². The average molecular weight is 230 g/mol. The second-order valence-corrected chi connectivity index (χ2v) is 5.01. The molecule has 0 N–H and O–H groups in total. The van der Waals surface area contributed by atoms with Gasteiger partial charge in [-0.3, -0.25) is 0 Å². The average Bonchev–Trinajstić information content (AvgIpc) is 2.34. The molecule has 17 heavy (non-hydrogen) atoms. The van der Waals surface area contributed by atoms with Crippen molar-refractivity contribution in [3.8, 4) is 0 Å². The van der Waals surface area contributed by atoms with Crippen molar-refractivity contribution < 1.29 is 0 Å². The number of hydrogen-bond acceptors (Lipinski definition) is 0. The predicted molar refractivity (Wildman–Crippen MR) is 77.4 cm³/mol. The van der Waals surface area contributed by atoms with Crippen LogP contribution in [0.3, 0.4) is 0 Å². The van der Waals surface area contributed by atoms with E-state index in [9.17, 15) is 0 Å². The fraction of sp³-hybridized carbons (Fsp3) is 0.529. The predicted octanol–water partition coefficient (Wildman–Crippen LogP) is 5.71. The molecule has 1 aromatic carbocycles. The second-order valence-electron chi connectivity index (χ2n) is 5.01. The highest BCUT2D eigenvalue weighted by Crippen LogP contribution is 2.28. The quantitative estimate of drug-likeness (QED) is 0.396. The van der Waals surface area contributed by atoms with E-state index in [4.69, 9.17) is 0 Å². The third kappa shape index (κ3) is 5.21. The van der Waals surface area contributed by atoms with Crippen molar-refractivity contribution in [2.45, 2.75) is 58.3 Å². The van der Waals surface area contributed by atoms with Crippen LogP contribution in [0.25, 0.3) is 0 Å². The first kappa shape index (κ1) is 14.0. The summed E-state index contributed by atoms with van der Waals surface area (Å²) in [6, 6.07) is 10.8. The van der Waals surface area contributed by atoms with E-state index in [0.717, 1.165) is 0 Å². The van der Waals surface area contributed by atoms with Crippen LogP contribution in [0.2, 0.25) is 0 Å². The maximum Gasteiger partial charge on any atom is 0.00427 e. The third-order valence-corrected chi connectivity index (χ3v) is 3.39. The van der Waals surface area contributed by atoms with Crippen molar-refractivity contribution in [2.75, 3.05) is 0 Å². The molecule has 1 rings (SSSR count). The van der Waals surface area contributed by atoms with Gasteiger partial charge in [0.15, 0.2) is 0 Å². The van der Waals surface area contributed by atoms with E-state index in [2.05, 4.69) is 50.8 Å². The van der Waals surface area contributed by atoms with Gasteiger partial charge in [0.05, 0.1) is 0 Å². The summed E-state index contributed by atoms with van der Waals surface area (Å²) in [6.45, 7) is 8.57. The summed E-state index contributed by atoms with van der Waals surface area (Å²) in [5.41, 5.74) is 2.72. The van der Waals surface area contributed by atoms with Gasteiger partial charge in [0.2, 0.25) is 0 Å². The molecule has 94 valence electrons. The lowest BCUT2D eigenvalue weighted by atomic mass is 9.88. The maximum atomic E-state index is 4.15. The molecule has 0 fully saturated rings. The summed E-state index contributed by atoms with van der Waals surface area (Å²) in [5, 5.41) is 0. The molecule has 0 aliphatic rings. The smallest absolute Gasteiger partial charge is 0.00427 e. The van der Waals surface area contributed by atoms with E-state index in [1.54, 1.807) is 0 Å². The van der Waals surface area contributed by atoms with Gasteiger partial charge in [-0.25, -0.2) is 0 Å². The summed E-state index contributed by atoms with van der Waals surface area (Å²) in [7, 11) is 0. The number of allylic oxidation sites excluding steroid dienone is 1. The zero-order chi connectivity index (χ0) is 12.5. The first-order valence-electron chi connectivity index (χ1n) is 6.96.